The minimum atomic E-state index is -4.50. The van der Waals surface area contributed by atoms with Crippen LogP contribution < -0.4 is 10.6 Å². The summed E-state index contributed by atoms with van der Waals surface area (Å²) in [4.78, 5) is 12.2. The Bertz CT molecular complexity index is 1020. The average molecular weight is 462 g/mol. The lowest BCUT2D eigenvalue weighted by Gasteiger charge is -2.26. The van der Waals surface area contributed by atoms with Gasteiger partial charge in [-0.05, 0) is 48.9 Å². The summed E-state index contributed by atoms with van der Waals surface area (Å²) >= 11 is 0. The Labute approximate surface area is 184 Å². The monoisotopic (exact) mass is 462 g/mol. The van der Waals surface area contributed by atoms with Crippen molar-refractivity contribution >= 4 is 23.9 Å². The summed E-state index contributed by atoms with van der Waals surface area (Å²) in [5, 5.41) is 0.818. The highest BCUT2D eigenvalue weighted by Crippen LogP contribution is 2.50. The van der Waals surface area contributed by atoms with Crippen molar-refractivity contribution in [2.24, 2.45) is 0 Å². The number of hydrogen-bond acceptors (Lipinski definition) is 4. The highest BCUT2D eigenvalue weighted by molar-refractivity contribution is 7.74. The van der Waals surface area contributed by atoms with Crippen molar-refractivity contribution in [3.05, 3.63) is 96.1 Å². The molecule has 32 heavy (non-hydrogen) atoms. The van der Waals surface area contributed by atoms with Crippen LogP contribution in [0.15, 0.2) is 84.9 Å². The third-order valence-electron chi connectivity index (χ3n) is 4.74. The largest absolute Gasteiger partial charge is 0.466 e. The van der Waals surface area contributed by atoms with E-state index in [0.717, 1.165) is 12.1 Å². The van der Waals surface area contributed by atoms with Gasteiger partial charge in [0.05, 0.1) is 18.6 Å². The highest BCUT2D eigenvalue weighted by Gasteiger charge is 2.35. The van der Waals surface area contributed by atoms with Crippen molar-refractivity contribution in [2.75, 3.05) is 6.61 Å². The number of alkyl halides is 3. The van der Waals surface area contributed by atoms with Gasteiger partial charge in [-0.3, -0.25) is 9.36 Å². The Morgan fingerprint density at radius 2 is 1.38 bits per heavy atom. The molecular formula is C24H22F3O4P. The van der Waals surface area contributed by atoms with Crippen LogP contribution in [0.1, 0.15) is 30.6 Å². The molecule has 8 heteroatoms. The van der Waals surface area contributed by atoms with Gasteiger partial charge in [0.1, 0.15) is 6.10 Å². The Morgan fingerprint density at radius 1 is 0.875 bits per heavy atom. The molecule has 0 spiro atoms. The van der Waals surface area contributed by atoms with Crippen LogP contribution in [-0.4, -0.2) is 12.6 Å². The number of carbonyl (C=O) groups is 1. The number of benzene rings is 3. The SMILES string of the molecule is CCOC(=O)C[C@@H](OP(=O)(c1ccccc1)c1ccccc1)c1ccc(C(F)(F)F)cc1. The van der Waals surface area contributed by atoms with E-state index < -0.39 is 31.2 Å². The lowest BCUT2D eigenvalue weighted by atomic mass is 10.0. The first-order valence-electron chi connectivity index (χ1n) is 9.96. The van der Waals surface area contributed by atoms with E-state index >= 15 is 0 Å². The summed E-state index contributed by atoms with van der Waals surface area (Å²) in [5.74, 6) is -0.606. The van der Waals surface area contributed by atoms with Crippen molar-refractivity contribution < 1.29 is 31.8 Å². The van der Waals surface area contributed by atoms with Crippen molar-refractivity contribution in [2.45, 2.75) is 25.6 Å². The molecule has 3 rings (SSSR count). The average Bonchev–Trinajstić information content (AvgIpc) is 2.79. The van der Waals surface area contributed by atoms with E-state index in [1.807, 2.05) is 0 Å². The predicted octanol–water partition coefficient (Wildman–Crippen LogP) is 5.65. The molecule has 1 atom stereocenters. The fourth-order valence-corrected chi connectivity index (χ4v) is 5.40. The molecule has 0 radical (unpaired) electrons. The lowest BCUT2D eigenvalue weighted by Crippen LogP contribution is -2.22. The molecule has 4 nitrogen and oxygen atoms in total. The van der Waals surface area contributed by atoms with Crippen LogP contribution in [0.25, 0.3) is 0 Å². The fourth-order valence-electron chi connectivity index (χ4n) is 3.17. The number of rotatable bonds is 8. The summed E-state index contributed by atoms with van der Waals surface area (Å²) in [7, 11) is -3.70. The first-order chi connectivity index (χ1) is 15.2. The zero-order chi connectivity index (χ0) is 23.2. The van der Waals surface area contributed by atoms with Gasteiger partial charge in [0.2, 0.25) is 0 Å². The first-order valence-corrected chi connectivity index (χ1v) is 11.6. The van der Waals surface area contributed by atoms with Gasteiger partial charge in [-0.15, -0.1) is 0 Å². The summed E-state index contributed by atoms with van der Waals surface area (Å²) in [5.41, 5.74) is -0.538. The van der Waals surface area contributed by atoms with Crippen molar-refractivity contribution in [1.29, 1.82) is 0 Å². The van der Waals surface area contributed by atoms with Crippen LogP contribution in [0.4, 0.5) is 13.2 Å². The Hall–Kier alpha value is -2.89. The first kappa shape index (κ1) is 23.8. The molecule has 3 aromatic rings. The molecule has 3 aromatic carbocycles. The number of hydrogen-bond donors (Lipinski definition) is 0. The second-order valence-corrected chi connectivity index (χ2v) is 9.29. The van der Waals surface area contributed by atoms with Gasteiger partial charge < -0.3 is 9.26 Å². The molecule has 0 bridgehead atoms. The predicted molar refractivity (Wildman–Crippen MR) is 116 cm³/mol. The topological polar surface area (TPSA) is 52.6 Å². The zero-order valence-electron chi connectivity index (χ0n) is 17.3. The van der Waals surface area contributed by atoms with Gasteiger partial charge in [0.25, 0.3) is 7.37 Å². The van der Waals surface area contributed by atoms with Gasteiger partial charge in [0, 0.05) is 10.6 Å². The van der Waals surface area contributed by atoms with Crippen LogP contribution in [0.5, 0.6) is 0 Å². The summed E-state index contributed by atoms with van der Waals surface area (Å²) < 4.78 is 64.3. The normalized spacial score (nSPS) is 12.9. The number of ether oxygens (including phenoxy) is 1. The standard InChI is InChI=1S/C24H22F3O4P/c1-2-30-23(28)17-22(18-13-15-19(16-14-18)24(25,26)27)31-32(29,20-9-5-3-6-10-20)21-11-7-4-8-12-21/h3-16,22H,2,17H2,1H3/t22-/m1/s1. The number of esters is 1. The van der Waals surface area contributed by atoms with Gasteiger partial charge in [-0.1, -0.05) is 48.5 Å². The van der Waals surface area contributed by atoms with Gasteiger partial charge >= 0.3 is 12.1 Å². The van der Waals surface area contributed by atoms with Gasteiger partial charge in [0.15, 0.2) is 0 Å². The van der Waals surface area contributed by atoms with Crippen LogP contribution in [0.2, 0.25) is 0 Å². The van der Waals surface area contributed by atoms with E-state index in [0.29, 0.717) is 10.6 Å². The zero-order valence-corrected chi connectivity index (χ0v) is 18.2. The Balaban J connectivity index is 2.04. The molecule has 0 heterocycles. The Morgan fingerprint density at radius 3 is 1.81 bits per heavy atom. The van der Waals surface area contributed by atoms with Crippen LogP contribution in [0.3, 0.4) is 0 Å². The second-order valence-electron chi connectivity index (χ2n) is 6.95. The molecular weight excluding hydrogens is 440 g/mol. The molecule has 0 aliphatic rings. The number of halogens is 3. The highest BCUT2D eigenvalue weighted by atomic mass is 31.2. The molecule has 0 saturated heterocycles. The van der Waals surface area contributed by atoms with Crippen LogP contribution in [-0.2, 0) is 24.8 Å². The summed E-state index contributed by atoms with van der Waals surface area (Å²) in [6.45, 7) is 1.78. The molecule has 0 amide bonds. The molecule has 0 saturated carbocycles. The molecule has 0 aromatic heterocycles. The maximum absolute atomic E-state index is 14.2. The molecule has 168 valence electrons. The maximum Gasteiger partial charge on any atom is 0.416 e. The Kier molecular flexibility index (Phi) is 7.54. The molecule has 0 unspecified atom stereocenters. The molecule has 0 N–H and O–H groups in total. The van der Waals surface area contributed by atoms with E-state index in [2.05, 4.69) is 0 Å². The smallest absolute Gasteiger partial charge is 0.416 e. The molecule has 0 aliphatic heterocycles. The maximum atomic E-state index is 14.2. The molecule has 0 fully saturated rings. The van der Waals surface area contributed by atoms with Crippen molar-refractivity contribution in [3.8, 4) is 0 Å². The third-order valence-corrected chi connectivity index (χ3v) is 7.24. The van der Waals surface area contributed by atoms with Gasteiger partial charge in [-0.2, -0.15) is 13.2 Å². The van der Waals surface area contributed by atoms with Crippen LogP contribution >= 0.6 is 7.37 Å². The van der Waals surface area contributed by atoms with E-state index in [1.165, 1.54) is 12.1 Å². The molecule has 0 aliphatic carbocycles. The quantitative estimate of drug-likeness (QED) is 0.321. The minimum absolute atomic E-state index is 0.133. The van der Waals surface area contributed by atoms with E-state index in [4.69, 9.17) is 9.26 Å². The van der Waals surface area contributed by atoms with Gasteiger partial charge in [-0.25, -0.2) is 0 Å². The fraction of sp³-hybridized carbons (Fsp3) is 0.208. The van der Waals surface area contributed by atoms with Crippen molar-refractivity contribution in [1.82, 2.24) is 0 Å². The second kappa shape index (κ2) is 10.2. The van der Waals surface area contributed by atoms with E-state index in [-0.39, 0.29) is 18.6 Å². The third kappa shape index (κ3) is 5.67. The summed E-state index contributed by atoms with van der Waals surface area (Å²) in [6, 6.07) is 21.3. The van der Waals surface area contributed by atoms with E-state index in [9.17, 15) is 22.5 Å². The minimum Gasteiger partial charge on any atom is -0.466 e. The van der Waals surface area contributed by atoms with Crippen LogP contribution in [0, 0.1) is 0 Å². The number of carbonyl (C=O) groups excluding carboxylic acids is 1. The lowest BCUT2D eigenvalue weighted by molar-refractivity contribution is -0.145. The van der Waals surface area contributed by atoms with Crippen molar-refractivity contribution in [3.63, 3.8) is 0 Å². The van der Waals surface area contributed by atoms with E-state index in [1.54, 1.807) is 67.6 Å². The summed E-state index contributed by atoms with van der Waals surface area (Å²) in [6.07, 6.45) is -5.88.